The van der Waals surface area contributed by atoms with Crippen LogP contribution in [0.3, 0.4) is 0 Å². The van der Waals surface area contributed by atoms with Crippen molar-refractivity contribution in [3.63, 3.8) is 0 Å². The molecule has 4 aromatic rings. The van der Waals surface area contributed by atoms with Gasteiger partial charge in [0.05, 0.1) is 22.3 Å². The zero-order chi connectivity index (χ0) is 43.5. The molecule has 0 bridgehead atoms. The minimum atomic E-state index is -0.639. The van der Waals surface area contributed by atoms with Crippen LogP contribution in [0.25, 0.3) is 16.7 Å². The number of rotatable bonds is 8. The van der Waals surface area contributed by atoms with E-state index in [9.17, 15) is 24.0 Å². The summed E-state index contributed by atoms with van der Waals surface area (Å²) in [6.07, 6.45) is 5.47. The fourth-order valence-electron chi connectivity index (χ4n) is 3.78. The Hall–Kier alpha value is -4.94. The fourth-order valence-corrected chi connectivity index (χ4v) is 3.78. The molecule has 307 valence electrons. The van der Waals surface area contributed by atoms with Gasteiger partial charge in [-0.3, -0.25) is 24.3 Å². The number of aromatic nitrogens is 4. The van der Waals surface area contributed by atoms with Crippen LogP contribution < -0.4 is 51.2 Å². The van der Waals surface area contributed by atoms with Crippen molar-refractivity contribution < 1.29 is 68.0 Å². The average Bonchev–Trinajstić information content (AvgIpc) is 3.50. The van der Waals surface area contributed by atoms with Crippen molar-refractivity contribution >= 4 is 60.4 Å². The van der Waals surface area contributed by atoms with Gasteiger partial charge in [0.15, 0.2) is 0 Å². The summed E-state index contributed by atoms with van der Waals surface area (Å²) in [5.74, 6) is -2.10. The number of imidazole rings is 1. The third-order valence-corrected chi connectivity index (χ3v) is 8.04. The third-order valence-electron chi connectivity index (χ3n) is 8.04. The smallest absolute Gasteiger partial charge is 0.793 e. The van der Waals surface area contributed by atoms with Gasteiger partial charge in [-0.2, -0.15) is 0 Å². The Kier molecular flexibility index (Phi) is 23.3. The van der Waals surface area contributed by atoms with Crippen molar-refractivity contribution in [1.29, 1.82) is 0 Å². The number of hydrogen-bond acceptors (Lipinski definition) is 13. The van der Waals surface area contributed by atoms with Crippen LogP contribution in [-0.2, 0) is 40.2 Å². The maximum Gasteiger partial charge on any atom is 1.00 e. The zero-order valence-electron chi connectivity index (χ0n) is 35.6. The van der Waals surface area contributed by atoms with Gasteiger partial charge in [0.25, 0.3) is 5.91 Å². The van der Waals surface area contributed by atoms with E-state index in [4.69, 9.17) is 10.7 Å². The molecule has 0 saturated heterocycles. The summed E-state index contributed by atoms with van der Waals surface area (Å²) in [6, 6.07) is 14.0. The van der Waals surface area contributed by atoms with Crippen LogP contribution in [-0.4, -0.2) is 69.4 Å². The number of carbonyl (C=O) groups is 5. The van der Waals surface area contributed by atoms with Crippen LogP contribution in [0.1, 0.15) is 92.1 Å². The molecule has 0 unspecified atom stereocenters. The van der Waals surface area contributed by atoms with Gasteiger partial charge in [-0.1, -0.05) is 60.3 Å². The summed E-state index contributed by atoms with van der Waals surface area (Å²) in [7, 11) is 4.32. The maximum atomic E-state index is 12.9. The molecule has 2 aromatic carbocycles. The van der Waals surface area contributed by atoms with Crippen LogP contribution in [0.15, 0.2) is 73.8 Å². The molecule has 2 heterocycles. The standard InChI is InChI=1S/C28H31N7O2.C6H15N.C4H6O4.C2H3BO2.Na/c1-6-25(36)32-21-8-7-9-22(13-21)35-24-11-10-19(14-31-18(2)28(3,4)5)12-23(24)33-27(35)34-26(37)20-15-29-17-30-16-20;1-5(7)6(2,3)4;1-3(5)7-8-4(2)6;1-2(4)5-3;/h6-13,15-18,31H,1,14H2,2-5H3,(H,32,36)(H,33,34,37);5H,7H2,1-4H3;1-2H3;1H3;/q;;;-1;+1/t18-;5-;;;/m00.../s1. The van der Waals surface area contributed by atoms with Crippen molar-refractivity contribution in [2.24, 2.45) is 16.6 Å². The summed E-state index contributed by atoms with van der Waals surface area (Å²) >= 11 is 0. The first kappa shape index (κ1) is 53.1. The largest absolute Gasteiger partial charge is 1.00 e. The monoisotopic (exact) mass is 809 g/mol. The van der Waals surface area contributed by atoms with E-state index in [1.807, 2.05) is 47.9 Å². The second-order valence-electron chi connectivity index (χ2n) is 14.8. The Morgan fingerprint density at radius 2 is 1.43 bits per heavy atom. The molecule has 0 spiro atoms. The first-order valence-corrected chi connectivity index (χ1v) is 17.8. The molecule has 2 atom stereocenters. The van der Waals surface area contributed by atoms with E-state index in [2.05, 4.69) is 103 Å². The van der Waals surface area contributed by atoms with Crippen molar-refractivity contribution in [2.75, 3.05) is 10.6 Å². The van der Waals surface area contributed by atoms with E-state index in [0.29, 0.717) is 35.8 Å². The van der Waals surface area contributed by atoms with Gasteiger partial charge in [0.2, 0.25) is 17.8 Å². The van der Waals surface area contributed by atoms with Gasteiger partial charge < -0.3 is 29.1 Å². The third kappa shape index (κ3) is 20.0. The summed E-state index contributed by atoms with van der Waals surface area (Å²) in [5, 5.41) is 9.24. The molecule has 3 radical (unpaired) electrons. The number of benzene rings is 2. The van der Waals surface area contributed by atoms with Gasteiger partial charge in [-0.25, -0.2) is 34.3 Å². The Morgan fingerprint density at radius 1 is 0.879 bits per heavy atom. The summed E-state index contributed by atoms with van der Waals surface area (Å²) < 4.78 is 5.45. The molecule has 0 aliphatic heterocycles. The molecular formula is C40H55BN8NaO8. The number of amides is 2. The number of fused-ring (bicyclic) bond motifs is 1. The number of carbonyl (C=O) groups excluding carboxylic acids is 5. The Morgan fingerprint density at radius 3 is 1.90 bits per heavy atom. The first-order chi connectivity index (χ1) is 26.5. The molecule has 2 aromatic heterocycles. The van der Waals surface area contributed by atoms with E-state index in [-0.39, 0.29) is 52.2 Å². The van der Waals surface area contributed by atoms with Crippen molar-refractivity contribution in [2.45, 2.75) is 94.8 Å². The number of nitrogens with two attached hydrogens (primary N) is 1. The van der Waals surface area contributed by atoms with Crippen LogP contribution in [0, 0.1) is 10.8 Å². The molecular weight excluding hydrogens is 754 g/mol. The summed E-state index contributed by atoms with van der Waals surface area (Å²) in [4.78, 5) is 74.2. The fraction of sp³-hybridized carbons (Fsp3) is 0.400. The molecule has 0 aliphatic rings. The van der Waals surface area contributed by atoms with E-state index in [1.54, 1.807) is 6.07 Å². The Bertz CT molecular complexity index is 1950. The SMILES string of the molecule is C=CC(=O)Nc1cccc(-n2c(NC(=O)c3cncnc3)nc3cc(CN[C@@H](C)C(C)(C)C)ccc32)c1.CC(=O)OOC(C)=O.C[C@H](N)C(C)(C)C.[B-]OC(C)=O.[Na+]. The zero-order valence-corrected chi connectivity index (χ0v) is 37.6. The topological polar surface area (TPSA) is 219 Å². The average molecular weight is 810 g/mol. The molecule has 2 amide bonds. The molecule has 5 N–H and O–H groups in total. The molecule has 0 fully saturated rings. The van der Waals surface area contributed by atoms with Crippen molar-refractivity contribution in [3.05, 3.63) is 85.0 Å². The van der Waals surface area contributed by atoms with Gasteiger partial charge in [-0.05, 0) is 66.6 Å². The molecule has 0 aliphatic carbocycles. The van der Waals surface area contributed by atoms with E-state index in [1.165, 1.54) is 31.7 Å². The Balaban J connectivity index is 0.00000128. The van der Waals surface area contributed by atoms with Crippen molar-refractivity contribution in [3.8, 4) is 5.69 Å². The van der Waals surface area contributed by atoms with Gasteiger partial charge in [0.1, 0.15) is 6.33 Å². The molecule has 4 rings (SSSR count). The predicted octanol–water partition coefficient (Wildman–Crippen LogP) is 2.76. The van der Waals surface area contributed by atoms with Gasteiger partial charge >= 0.3 is 41.5 Å². The number of nitrogens with zero attached hydrogens (tertiary/aromatic N) is 4. The van der Waals surface area contributed by atoms with Crippen LogP contribution in [0.5, 0.6) is 0 Å². The second kappa shape index (κ2) is 25.4. The molecule has 0 saturated carbocycles. The van der Waals surface area contributed by atoms with E-state index in [0.717, 1.165) is 36.1 Å². The normalized spacial score (nSPS) is 11.5. The molecule has 18 heteroatoms. The summed E-state index contributed by atoms with van der Waals surface area (Å²) in [6.45, 7) is 24.9. The van der Waals surface area contributed by atoms with Gasteiger partial charge in [0, 0.05) is 57.5 Å². The Labute approximate surface area is 364 Å². The number of hydrogen-bond donors (Lipinski definition) is 4. The number of anilines is 2. The van der Waals surface area contributed by atoms with Crippen molar-refractivity contribution in [1.82, 2.24) is 24.8 Å². The first-order valence-electron chi connectivity index (χ1n) is 17.8. The quantitative estimate of drug-likeness (QED) is 0.0873. The van der Waals surface area contributed by atoms with Crippen LogP contribution in [0.4, 0.5) is 11.6 Å². The minimum Gasteiger partial charge on any atom is -0.793 e. The summed E-state index contributed by atoms with van der Waals surface area (Å²) in [5.41, 5.74) is 10.2. The maximum absolute atomic E-state index is 12.9. The second-order valence-corrected chi connectivity index (χ2v) is 14.8. The van der Waals surface area contributed by atoms with Gasteiger partial charge in [-0.15, -0.1) is 0 Å². The van der Waals surface area contributed by atoms with E-state index < -0.39 is 17.9 Å². The minimum absolute atomic E-state index is 0. The van der Waals surface area contributed by atoms with Crippen LogP contribution >= 0.6 is 0 Å². The van der Waals surface area contributed by atoms with Crippen LogP contribution in [0.2, 0.25) is 0 Å². The van der Waals surface area contributed by atoms with E-state index >= 15 is 0 Å². The predicted molar refractivity (Wildman–Crippen MR) is 220 cm³/mol. The molecule has 16 nitrogen and oxygen atoms in total. The molecule has 58 heavy (non-hydrogen) atoms. The number of nitrogens with one attached hydrogen (secondary N) is 3.